The largest absolute Gasteiger partial charge is 0.417 e. The second-order valence-electron chi connectivity index (χ2n) is 5.06. The summed E-state index contributed by atoms with van der Waals surface area (Å²) in [7, 11) is 0. The standard InChI is InChI=1S/C14H17F3N2O/c1-9(10-6-7-18-8-10)19-13(20)11-4-2-3-5-12(11)14(15,16)17/h2-5,9-10,18H,6-8H2,1H3,(H,19,20). The highest BCUT2D eigenvalue weighted by atomic mass is 19.4. The molecule has 0 spiro atoms. The number of halogens is 3. The van der Waals surface area contributed by atoms with Crippen LogP contribution in [0.1, 0.15) is 29.3 Å². The first-order valence-corrected chi connectivity index (χ1v) is 6.57. The van der Waals surface area contributed by atoms with Crippen molar-refractivity contribution in [3.63, 3.8) is 0 Å². The molecule has 0 aliphatic carbocycles. The van der Waals surface area contributed by atoms with Gasteiger partial charge < -0.3 is 10.6 Å². The summed E-state index contributed by atoms with van der Waals surface area (Å²) in [6.45, 7) is 3.48. The number of amides is 1. The van der Waals surface area contributed by atoms with Crippen LogP contribution in [-0.2, 0) is 6.18 Å². The first-order valence-electron chi connectivity index (χ1n) is 6.57. The fourth-order valence-electron chi connectivity index (χ4n) is 2.43. The van der Waals surface area contributed by atoms with Crippen molar-refractivity contribution in [3.05, 3.63) is 35.4 Å². The molecule has 2 atom stereocenters. The van der Waals surface area contributed by atoms with Crippen LogP contribution >= 0.6 is 0 Å². The lowest BCUT2D eigenvalue weighted by atomic mass is 9.99. The van der Waals surface area contributed by atoms with Crippen molar-refractivity contribution in [2.24, 2.45) is 5.92 Å². The van der Waals surface area contributed by atoms with E-state index >= 15 is 0 Å². The van der Waals surface area contributed by atoms with Gasteiger partial charge in [0, 0.05) is 6.04 Å². The van der Waals surface area contributed by atoms with Gasteiger partial charge >= 0.3 is 6.18 Å². The highest BCUT2D eigenvalue weighted by Crippen LogP contribution is 2.31. The van der Waals surface area contributed by atoms with Gasteiger partial charge in [-0.25, -0.2) is 0 Å². The minimum absolute atomic E-state index is 0.154. The second kappa shape index (κ2) is 5.83. The highest BCUT2D eigenvalue weighted by Gasteiger charge is 2.35. The molecule has 0 radical (unpaired) electrons. The molecule has 1 aromatic rings. The summed E-state index contributed by atoms with van der Waals surface area (Å²) in [4.78, 5) is 12.0. The molecule has 1 saturated heterocycles. The maximum Gasteiger partial charge on any atom is 0.417 e. The minimum atomic E-state index is -4.52. The predicted molar refractivity (Wildman–Crippen MR) is 69.3 cm³/mol. The molecule has 20 heavy (non-hydrogen) atoms. The van der Waals surface area contributed by atoms with Gasteiger partial charge in [0.1, 0.15) is 0 Å². The Morgan fingerprint density at radius 3 is 2.70 bits per heavy atom. The molecule has 3 nitrogen and oxygen atoms in total. The van der Waals surface area contributed by atoms with E-state index < -0.39 is 17.6 Å². The molecule has 1 fully saturated rings. The van der Waals surface area contributed by atoms with Crippen molar-refractivity contribution >= 4 is 5.91 Å². The van der Waals surface area contributed by atoms with Crippen LogP contribution in [-0.4, -0.2) is 25.0 Å². The van der Waals surface area contributed by atoms with Crippen LogP contribution in [0.15, 0.2) is 24.3 Å². The summed E-state index contributed by atoms with van der Waals surface area (Å²) in [5.74, 6) is -0.408. The number of carbonyl (C=O) groups is 1. The summed E-state index contributed by atoms with van der Waals surface area (Å²) in [5, 5.41) is 5.84. The number of nitrogens with one attached hydrogen (secondary N) is 2. The Balaban J connectivity index is 2.13. The molecule has 2 N–H and O–H groups in total. The van der Waals surface area contributed by atoms with Gasteiger partial charge in [-0.15, -0.1) is 0 Å². The third-order valence-corrected chi connectivity index (χ3v) is 3.64. The molecule has 1 aromatic carbocycles. The van der Waals surface area contributed by atoms with E-state index in [1.165, 1.54) is 18.2 Å². The van der Waals surface area contributed by atoms with Crippen LogP contribution in [0.4, 0.5) is 13.2 Å². The van der Waals surface area contributed by atoms with Crippen molar-refractivity contribution in [3.8, 4) is 0 Å². The van der Waals surface area contributed by atoms with Gasteiger partial charge in [0.05, 0.1) is 11.1 Å². The molecule has 2 unspecified atom stereocenters. The van der Waals surface area contributed by atoms with E-state index in [2.05, 4.69) is 10.6 Å². The van der Waals surface area contributed by atoms with Gasteiger partial charge in [-0.3, -0.25) is 4.79 Å². The summed E-state index contributed by atoms with van der Waals surface area (Å²) < 4.78 is 38.6. The second-order valence-corrected chi connectivity index (χ2v) is 5.06. The molecule has 1 amide bonds. The number of carbonyl (C=O) groups excluding carboxylic acids is 1. The fourth-order valence-corrected chi connectivity index (χ4v) is 2.43. The van der Waals surface area contributed by atoms with Crippen molar-refractivity contribution in [1.82, 2.24) is 10.6 Å². The Kier molecular flexibility index (Phi) is 4.32. The number of hydrogen-bond acceptors (Lipinski definition) is 2. The third-order valence-electron chi connectivity index (χ3n) is 3.64. The van der Waals surface area contributed by atoms with Gasteiger partial charge in [0.2, 0.25) is 0 Å². The molecule has 1 heterocycles. The van der Waals surface area contributed by atoms with Crippen LogP contribution in [0, 0.1) is 5.92 Å². The average Bonchev–Trinajstić information content (AvgIpc) is 2.91. The molecule has 6 heteroatoms. The molecule has 2 rings (SSSR count). The topological polar surface area (TPSA) is 41.1 Å². The molecule has 110 valence electrons. The van der Waals surface area contributed by atoms with Crippen LogP contribution in [0.3, 0.4) is 0 Å². The lowest BCUT2D eigenvalue weighted by Crippen LogP contribution is -2.39. The Morgan fingerprint density at radius 1 is 1.40 bits per heavy atom. The lowest BCUT2D eigenvalue weighted by Gasteiger charge is -2.21. The molecule has 1 aliphatic heterocycles. The zero-order valence-electron chi connectivity index (χ0n) is 11.1. The van der Waals surface area contributed by atoms with Gasteiger partial charge in [-0.05, 0) is 44.5 Å². The van der Waals surface area contributed by atoms with Crippen LogP contribution in [0.25, 0.3) is 0 Å². The molecule has 1 aliphatic rings. The maximum atomic E-state index is 12.9. The Bertz CT molecular complexity index is 482. The molecular weight excluding hydrogens is 269 g/mol. The summed E-state index contributed by atoms with van der Waals surface area (Å²) in [6, 6.07) is 4.70. The van der Waals surface area contributed by atoms with E-state index in [4.69, 9.17) is 0 Å². The van der Waals surface area contributed by atoms with Gasteiger partial charge in [0.25, 0.3) is 5.91 Å². The van der Waals surface area contributed by atoms with E-state index in [-0.39, 0.29) is 17.5 Å². The Hall–Kier alpha value is -1.56. The van der Waals surface area contributed by atoms with E-state index in [9.17, 15) is 18.0 Å². The van der Waals surface area contributed by atoms with Crippen molar-refractivity contribution in [1.29, 1.82) is 0 Å². The predicted octanol–water partition coefficient (Wildman–Crippen LogP) is 2.43. The molecule has 0 aromatic heterocycles. The third kappa shape index (κ3) is 3.30. The Labute approximate surface area is 115 Å². The monoisotopic (exact) mass is 286 g/mol. The summed E-state index contributed by atoms with van der Waals surface area (Å²) in [5.41, 5.74) is -1.22. The zero-order valence-corrected chi connectivity index (χ0v) is 11.1. The SMILES string of the molecule is CC(NC(=O)c1ccccc1C(F)(F)F)C1CCNC1. The number of hydrogen-bond donors (Lipinski definition) is 2. The van der Waals surface area contributed by atoms with Crippen molar-refractivity contribution < 1.29 is 18.0 Å². The van der Waals surface area contributed by atoms with Crippen molar-refractivity contribution in [2.45, 2.75) is 25.6 Å². The first-order chi connectivity index (χ1) is 9.39. The number of benzene rings is 1. The van der Waals surface area contributed by atoms with E-state index in [1.807, 2.05) is 6.92 Å². The average molecular weight is 286 g/mol. The van der Waals surface area contributed by atoms with Crippen LogP contribution < -0.4 is 10.6 Å². The molecular formula is C14H17F3N2O. The van der Waals surface area contributed by atoms with Gasteiger partial charge in [-0.2, -0.15) is 13.2 Å². The normalized spacial score (nSPS) is 20.7. The zero-order chi connectivity index (χ0) is 14.8. The quantitative estimate of drug-likeness (QED) is 0.896. The van der Waals surface area contributed by atoms with Crippen LogP contribution in [0.5, 0.6) is 0 Å². The maximum absolute atomic E-state index is 12.9. The minimum Gasteiger partial charge on any atom is -0.349 e. The van der Waals surface area contributed by atoms with E-state index in [0.717, 1.165) is 25.6 Å². The first kappa shape index (κ1) is 14.8. The summed E-state index contributed by atoms with van der Waals surface area (Å²) >= 11 is 0. The van der Waals surface area contributed by atoms with Gasteiger partial charge in [0.15, 0.2) is 0 Å². The highest BCUT2D eigenvalue weighted by molar-refractivity contribution is 5.96. The fraction of sp³-hybridized carbons (Fsp3) is 0.500. The smallest absolute Gasteiger partial charge is 0.349 e. The number of alkyl halides is 3. The van der Waals surface area contributed by atoms with E-state index in [1.54, 1.807) is 0 Å². The Morgan fingerprint density at radius 2 is 2.10 bits per heavy atom. The lowest BCUT2D eigenvalue weighted by molar-refractivity contribution is -0.137. The van der Waals surface area contributed by atoms with Crippen molar-refractivity contribution in [2.75, 3.05) is 13.1 Å². The molecule has 0 bridgehead atoms. The number of rotatable bonds is 3. The molecule has 0 saturated carbocycles. The van der Waals surface area contributed by atoms with E-state index in [0.29, 0.717) is 0 Å². The summed E-state index contributed by atoms with van der Waals surface area (Å²) in [6.07, 6.45) is -3.60. The van der Waals surface area contributed by atoms with Gasteiger partial charge in [-0.1, -0.05) is 12.1 Å². The van der Waals surface area contributed by atoms with Crippen LogP contribution in [0.2, 0.25) is 0 Å².